The van der Waals surface area contributed by atoms with Gasteiger partial charge in [0.25, 0.3) is 10.0 Å². The number of phenolic OH excluding ortho intramolecular Hbond substituents is 2. The molecule has 0 saturated heterocycles. The van der Waals surface area contributed by atoms with Gasteiger partial charge < -0.3 is 14.9 Å². The molecule has 3 aromatic carbocycles. The molecule has 1 heterocycles. The number of anilines is 1. The topological polar surface area (TPSA) is 87.1 Å². The van der Waals surface area contributed by atoms with E-state index in [1.165, 1.54) is 6.07 Å². The minimum atomic E-state index is -4.95. The molecule has 0 aliphatic carbocycles. The van der Waals surface area contributed by atoms with Gasteiger partial charge in [0.15, 0.2) is 11.5 Å². The lowest BCUT2D eigenvalue weighted by Crippen LogP contribution is -2.34. The van der Waals surface area contributed by atoms with Crippen molar-refractivity contribution < 1.29 is 36.5 Å². The van der Waals surface area contributed by atoms with Gasteiger partial charge in [0.2, 0.25) is 0 Å². The lowest BCUT2D eigenvalue weighted by Gasteiger charge is -2.32. The normalized spacial score (nSPS) is 14.7. The first-order valence-corrected chi connectivity index (χ1v) is 10.0. The summed E-state index contributed by atoms with van der Waals surface area (Å²) < 4.78 is 69.6. The Kier molecular flexibility index (Phi) is 4.53. The molecule has 6 nitrogen and oxygen atoms in total. The number of aromatic hydroxyl groups is 2. The second-order valence-corrected chi connectivity index (χ2v) is 8.39. The van der Waals surface area contributed by atoms with Crippen LogP contribution in [-0.4, -0.2) is 25.0 Å². The summed E-state index contributed by atoms with van der Waals surface area (Å²) in [5.41, 5.74) is 0.877. The highest BCUT2D eigenvalue weighted by Crippen LogP contribution is 2.48. The first-order valence-electron chi connectivity index (χ1n) is 8.59. The molecule has 2 N–H and O–H groups in total. The maximum absolute atomic E-state index is 13.3. The molecule has 0 unspecified atom stereocenters. The van der Waals surface area contributed by atoms with E-state index in [0.717, 1.165) is 28.6 Å². The van der Waals surface area contributed by atoms with Crippen LogP contribution in [0.1, 0.15) is 5.56 Å². The summed E-state index contributed by atoms with van der Waals surface area (Å²) >= 11 is 0. The minimum absolute atomic E-state index is 0.0433. The number of phenols is 2. The molecule has 0 bridgehead atoms. The predicted molar refractivity (Wildman–Crippen MR) is 102 cm³/mol. The Balaban J connectivity index is 1.94. The molecule has 1 aliphatic rings. The molecule has 156 valence electrons. The van der Waals surface area contributed by atoms with Gasteiger partial charge in [-0.3, -0.25) is 4.31 Å². The lowest BCUT2D eigenvalue weighted by atomic mass is 10.0. The lowest BCUT2D eigenvalue weighted by molar-refractivity contribution is -0.274. The van der Waals surface area contributed by atoms with Gasteiger partial charge in [0, 0.05) is 23.3 Å². The first-order chi connectivity index (χ1) is 14.1. The Labute approximate surface area is 169 Å². The highest BCUT2D eigenvalue weighted by atomic mass is 32.2. The molecule has 1 aliphatic heterocycles. The first kappa shape index (κ1) is 19.9. The fourth-order valence-corrected chi connectivity index (χ4v) is 4.97. The van der Waals surface area contributed by atoms with Gasteiger partial charge in [0.1, 0.15) is 5.75 Å². The van der Waals surface area contributed by atoms with Gasteiger partial charge in [-0.05, 0) is 23.8 Å². The molecular formula is C20H14F3NO5S. The van der Waals surface area contributed by atoms with Crippen LogP contribution in [-0.2, 0) is 16.6 Å². The number of rotatable bonds is 3. The van der Waals surface area contributed by atoms with Crippen molar-refractivity contribution in [3.8, 4) is 28.4 Å². The van der Waals surface area contributed by atoms with Gasteiger partial charge >= 0.3 is 6.36 Å². The van der Waals surface area contributed by atoms with Crippen molar-refractivity contribution in [1.29, 1.82) is 0 Å². The number of nitrogens with zero attached hydrogens (tertiary/aromatic N) is 1. The van der Waals surface area contributed by atoms with Crippen molar-refractivity contribution in [2.45, 2.75) is 17.8 Å². The second-order valence-electron chi connectivity index (χ2n) is 6.56. The molecule has 0 spiro atoms. The maximum atomic E-state index is 13.3. The summed E-state index contributed by atoms with van der Waals surface area (Å²) in [6.07, 6.45) is -4.95. The van der Waals surface area contributed by atoms with E-state index < -0.39 is 33.6 Å². The molecule has 0 aromatic heterocycles. The molecule has 10 heteroatoms. The van der Waals surface area contributed by atoms with Crippen LogP contribution < -0.4 is 9.04 Å². The monoisotopic (exact) mass is 437 g/mol. The highest BCUT2D eigenvalue weighted by Gasteiger charge is 2.37. The van der Waals surface area contributed by atoms with E-state index in [-0.39, 0.29) is 28.3 Å². The third-order valence-corrected chi connectivity index (χ3v) is 6.38. The minimum Gasteiger partial charge on any atom is -0.504 e. The van der Waals surface area contributed by atoms with Gasteiger partial charge in [-0.1, -0.05) is 30.3 Å². The fourth-order valence-electron chi connectivity index (χ4n) is 3.29. The Bertz CT molecular complexity index is 1230. The summed E-state index contributed by atoms with van der Waals surface area (Å²) in [6.45, 7) is -0.160. The fraction of sp³-hybridized carbons (Fsp3) is 0.100. The number of benzene rings is 3. The zero-order valence-electron chi connectivity index (χ0n) is 15.1. The van der Waals surface area contributed by atoms with Crippen LogP contribution in [0.2, 0.25) is 0 Å². The van der Waals surface area contributed by atoms with Crippen molar-refractivity contribution in [3.05, 3.63) is 66.2 Å². The highest BCUT2D eigenvalue weighted by molar-refractivity contribution is 7.93. The number of fused-ring (bicyclic) bond motifs is 3. The smallest absolute Gasteiger partial charge is 0.504 e. The van der Waals surface area contributed by atoms with Crippen LogP contribution in [0.25, 0.3) is 11.1 Å². The molecule has 4 rings (SSSR count). The number of sulfonamides is 1. The van der Waals surface area contributed by atoms with E-state index in [1.807, 2.05) is 0 Å². The molecule has 30 heavy (non-hydrogen) atoms. The third-order valence-electron chi connectivity index (χ3n) is 4.58. The number of halogens is 3. The zero-order chi connectivity index (χ0) is 21.7. The van der Waals surface area contributed by atoms with E-state index in [1.54, 1.807) is 30.3 Å². The van der Waals surface area contributed by atoms with Gasteiger partial charge in [0.05, 0.1) is 17.1 Å². The van der Waals surface area contributed by atoms with Gasteiger partial charge in [-0.25, -0.2) is 8.42 Å². The van der Waals surface area contributed by atoms with Crippen molar-refractivity contribution >= 4 is 15.7 Å². The largest absolute Gasteiger partial charge is 0.573 e. The van der Waals surface area contributed by atoms with Crippen molar-refractivity contribution in [1.82, 2.24) is 0 Å². The molecular weight excluding hydrogens is 423 g/mol. The van der Waals surface area contributed by atoms with E-state index in [9.17, 15) is 31.8 Å². The molecule has 0 fully saturated rings. The number of hydrogen-bond donors (Lipinski definition) is 2. The summed E-state index contributed by atoms with van der Waals surface area (Å²) in [7, 11) is -4.27. The molecule has 0 radical (unpaired) electrons. The second kappa shape index (κ2) is 6.84. The van der Waals surface area contributed by atoms with Crippen LogP contribution in [0.15, 0.2) is 65.6 Å². The van der Waals surface area contributed by atoms with Crippen molar-refractivity contribution in [3.63, 3.8) is 0 Å². The Morgan fingerprint density at radius 1 is 0.900 bits per heavy atom. The summed E-state index contributed by atoms with van der Waals surface area (Å²) in [5, 5.41) is 19.7. The number of hydrogen-bond acceptors (Lipinski definition) is 5. The quantitative estimate of drug-likeness (QED) is 0.594. The molecule has 3 aromatic rings. The summed E-state index contributed by atoms with van der Waals surface area (Å²) in [6, 6.07) is 13.8. The SMILES string of the molecule is O=S1(=O)c2cc(O)c(O)cc2-c2ccc(OC(F)(F)F)cc2N1Cc1ccccc1. The van der Waals surface area contributed by atoms with Crippen LogP contribution >= 0.6 is 0 Å². The zero-order valence-corrected chi connectivity index (χ0v) is 15.9. The maximum Gasteiger partial charge on any atom is 0.573 e. The average Bonchev–Trinajstić information content (AvgIpc) is 2.66. The summed E-state index contributed by atoms with van der Waals surface area (Å²) in [4.78, 5) is -0.272. The average molecular weight is 437 g/mol. The summed E-state index contributed by atoms with van der Waals surface area (Å²) in [5.74, 6) is -1.76. The number of ether oxygens (including phenoxy) is 1. The Morgan fingerprint density at radius 2 is 1.57 bits per heavy atom. The Morgan fingerprint density at radius 3 is 2.23 bits per heavy atom. The van der Waals surface area contributed by atoms with Crippen molar-refractivity contribution in [2.24, 2.45) is 0 Å². The standard InChI is InChI=1S/C20H14F3NO5S/c21-20(22,23)29-13-6-7-14-15-9-17(25)18(26)10-19(15)30(27,28)24(16(14)8-13)11-12-4-2-1-3-5-12/h1-10,25-26H,11H2. The molecule has 0 atom stereocenters. The van der Waals surface area contributed by atoms with E-state index in [4.69, 9.17) is 0 Å². The van der Waals surface area contributed by atoms with Crippen LogP contribution in [0.3, 0.4) is 0 Å². The third kappa shape index (κ3) is 3.50. The molecule has 0 amide bonds. The van der Waals surface area contributed by atoms with E-state index >= 15 is 0 Å². The molecule has 0 saturated carbocycles. The van der Waals surface area contributed by atoms with E-state index in [2.05, 4.69) is 4.74 Å². The predicted octanol–water partition coefficient (Wildman–Crippen LogP) is 4.37. The number of alkyl halides is 3. The Hall–Kier alpha value is -3.40. The van der Waals surface area contributed by atoms with E-state index in [0.29, 0.717) is 5.56 Å². The van der Waals surface area contributed by atoms with Crippen molar-refractivity contribution in [2.75, 3.05) is 4.31 Å². The van der Waals surface area contributed by atoms with Crippen LogP contribution in [0.4, 0.5) is 18.9 Å². The van der Waals surface area contributed by atoms with Crippen LogP contribution in [0, 0.1) is 0 Å². The van der Waals surface area contributed by atoms with Gasteiger partial charge in [-0.2, -0.15) is 0 Å². The van der Waals surface area contributed by atoms with Crippen LogP contribution in [0.5, 0.6) is 17.2 Å². The van der Waals surface area contributed by atoms with Gasteiger partial charge in [-0.15, -0.1) is 13.2 Å².